The maximum Gasteiger partial charge on any atom is 0.251 e. The standard InChI is InChI=1S/C12H12N2O/c1-9-7-12(15)14-11(13-9)8-10-5-3-2-4-6-10/h2-7H,8H2,1H3,(H,13,14,15). The van der Waals surface area contributed by atoms with Crippen LogP contribution in [0.5, 0.6) is 0 Å². The van der Waals surface area contributed by atoms with Crippen LogP contribution in [0.3, 0.4) is 0 Å². The van der Waals surface area contributed by atoms with Crippen molar-refractivity contribution in [3.05, 3.63) is 63.8 Å². The Morgan fingerprint density at radius 1 is 1.27 bits per heavy atom. The molecule has 0 saturated heterocycles. The van der Waals surface area contributed by atoms with Crippen LogP contribution in [0.2, 0.25) is 0 Å². The van der Waals surface area contributed by atoms with Crippen molar-refractivity contribution in [2.75, 3.05) is 0 Å². The molecule has 0 fully saturated rings. The first kappa shape index (κ1) is 9.65. The maximum atomic E-state index is 11.2. The van der Waals surface area contributed by atoms with E-state index in [-0.39, 0.29) is 5.56 Å². The van der Waals surface area contributed by atoms with Crippen molar-refractivity contribution in [3.63, 3.8) is 0 Å². The molecule has 0 unspecified atom stereocenters. The molecule has 0 saturated carbocycles. The average Bonchev–Trinajstić information content (AvgIpc) is 2.17. The Balaban J connectivity index is 2.29. The number of aryl methyl sites for hydroxylation is 1. The first-order valence-corrected chi connectivity index (χ1v) is 4.85. The molecule has 0 aliphatic heterocycles. The highest BCUT2D eigenvalue weighted by atomic mass is 16.1. The summed E-state index contributed by atoms with van der Waals surface area (Å²) in [5.41, 5.74) is 1.81. The van der Waals surface area contributed by atoms with Crippen molar-refractivity contribution >= 4 is 0 Å². The molecule has 1 heterocycles. The average molecular weight is 200 g/mol. The third kappa shape index (κ3) is 2.53. The number of nitrogens with one attached hydrogen (secondary N) is 1. The smallest absolute Gasteiger partial charge is 0.251 e. The SMILES string of the molecule is Cc1cc(=O)[nH]c(Cc2ccccc2)n1. The number of aromatic amines is 1. The van der Waals surface area contributed by atoms with Crippen LogP contribution >= 0.6 is 0 Å². The molecule has 1 aromatic heterocycles. The second-order valence-electron chi connectivity index (χ2n) is 3.50. The molecule has 0 amide bonds. The summed E-state index contributed by atoms with van der Waals surface area (Å²) in [6.07, 6.45) is 0.664. The zero-order valence-electron chi connectivity index (χ0n) is 8.53. The minimum absolute atomic E-state index is 0.0894. The summed E-state index contributed by atoms with van der Waals surface area (Å²) < 4.78 is 0. The van der Waals surface area contributed by atoms with Crippen molar-refractivity contribution in [1.82, 2.24) is 9.97 Å². The topological polar surface area (TPSA) is 45.8 Å². The highest BCUT2D eigenvalue weighted by Crippen LogP contribution is 2.03. The molecule has 0 bridgehead atoms. The lowest BCUT2D eigenvalue weighted by Crippen LogP contribution is -2.11. The molecule has 0 spiro atoms. The van der Waals surface area contributed by atoms with E-state index in [4.69, 9.17) is 0 Å². The van der Waals surface area contributed by atoms with Gasteiger partial charge in [-0.2, -0.15) is 0 Å². The van der Waals surface area contributed by atoms with Gasteiger partial charge in [0.05, 0.1) is 0 Å². The lowest BCUT2D eigenvalue weighted by Gasteiger charge is -2.01. The molecule has 15 heavy (non-hydrogen) atoms. The fraction of sp³-hybridized carbons (Fsp3) is 0.167. The van der Waals surface area contributed by atoms with Crippen molar-refractivity contribution in [1.29, 1.82) is 0 Å². The fourth-order valence-corrected chi connectivity index (χ4v) is 1.51. The van der Waals surface area contributed by atoms with Gasteiger partial charge < -0.3 is 4.98 Å². The van der Waals surface area contributed by atoms with Gasteiger partial charge in [-0.05, 0) is 12.5 Å². The quantitative estimate of drug-likeness (QED) is 0.801. The Labute approximate surface area is 87.8 Å². The summed E-state index contributed by atoms with van der Waals surface area (Å²) in [4.78, 5) is 18.2. The van der Waals surface area contributed by atoms with Gasteiger partial charge in [-0.15, -0.1) is 0 Å². The third-order valence-electron chi connectivity index (χ3n) is 2.13. The van der Waals surface area contributed by atoms with E-state index in [0.29, 0.717) is 12.2 Å². The van der Waals surface area contributed by atoms with E-state index in [2.05, 4.69) is 9.97 Å². The van der Waals surface area contributed by atoms with Crippen LogP contribution in [0.15, 0.2) is 41.2 Å². The van der Waals surface area contributed by atoms with E-state index in [0.717, 1.165) is 11.3 Å². The molecule has 1 N–H and O–H groups in total. The van der Waals surface area contributed by atoms with Gasteiger partial charge in [-0.1, -0.05) is 30.3 Å². The Hall–Kier alpha value is -1.90. The number of nitrogens with zero attached hydrogens (tertiary/aromatic N) is 1. The van der Waals surface area contributed by atoms with Gasteiger partial charge in [0.25, 0.3) is 5.56 Å². The molecule has 0 radical (unpaired) electrons. The largest absolute Gasteiger partial charge is 0.310 e. The minimum Gasteiger partial charge on any atom is -0.310 e. The minimum atomic E-state index is -0.0894. The van der Waals surface area contributed by atoms with Crippen LogP contribution in [0, 0.1) is 6.92 Å². The first-order valence-electron chi connectivity index (χ1n) is 4.85. The Morgan fingerprint density at radius 2 is 2.00 bits per heavy atom. The highest BCUT2D eigenvalue weighted by Gasteiger charge is 1.99. The van der Waals surface area contributed by atoms with E-state index < -0.39 is 0 Å². The number of rotatable bonds is 2. The van der Waals surface area contributed by atoms with Gasteiger partial charge in [0.15, 0.2) is 0 Å². The van der Waals surface area contributed by atoms with Gasteiger partial charge in [-0.3, -0.25) is 4.79 Å². The van der Waals surface area contributed by atoms with E-state index in [1.54, 1.807) is 0 Å². The monoisotopic (exact) mass is 200 g/mol. The molecule has 2 aromatic rings. The van der Waals surface area contributed by atoms with Crippen molar-refractivity contribution in [3.8, 4) is 0 Å². The maximum absolute atomic E-state index is 11.2. The van der Waals surface area contributed by atoms with E-state index in [1.807, 2.05) is 37.3 Å². The number of H-pyrrole nitrogens is 1. The molecule has 0 atom stereocenters. The lowest BCUT2D eigenvalue weighted by atomic mass is 10.1. The van der Waals surface area contributed by atoms with E-state index in [1.165, 1.54) is 6.07 Å². The molecule has 3 nitrogen and oxygen atoms in total. The first-order chi connectivity index (χ1) is 7.24. The van der Waals surface area contributed by atoms with Crippen LogP contribution in [0.4, 0.5) is 0 Å². The molecule has 1 aromatic carbocycles. The summed E-state index contributed by atoms with van der Waals surface area (Å²) in [7, 11) is 0. The summed E-state index contributed by atoms with van der Waals surface area (Å²) in [5.74, 6) is 0.714. The van der Waals surface area contributed by atoms with Crippen LogP contribution in [-0.4, -0.2) is 9.97 Å². The highest BCUT2D eigenvalue weighted by molar-refractivity contribution is 5.19. The predicted octanol–water partition coefficient (Wildman–Crippen LogP) is 1.67. The molecule has 2 rings (SSSR count). The molecule has 3 heteroatoms. The summed E-state index contributed by atoms with van der Waals surface area (Å²) in [6, 6.07) is 11.4. The molecule has 0 aliphatic carbocycles. The zero-order chi connectivity index (χ0) is 10.7. The van der Waals surface area contributed by atoms with Gasteiger partial charge >= 0.3 is 0 Å². The summed E-state index contributed by atoms with van der Waals surface area (Å²) >= 11 is 0. The lowest BCUT2D eigenvalue weighted by molar-refractivity contribution is 0.921. The number of benzene rings is 1. The molecular weight excluding hydrogens is 188 g/mol. The van der Waals surface area contributed by atoms with Crippen LogP contribution in [0.25, 0.3) is 0 Å². The van der Waals surface area contributed by atoms with Crippen LogP contribution < -0.4 is 5.56 Å². The third-order valence-corrected chi connectivity index (χ3v) is 2.13. The van der Waals surface area contributed by atoms with Gasteiger partial charge in [0.1, 0.15) is 5.82 Å². The molecule has 76 valence electrons. The van der Waals surface area contributed by atoms with Gasteiger partial charge in [-0.25, -0.2) is 4.98 Å². The van der Waals surface area contributed by atoms with E-state index in [9.17, 15) is 4.79 Å². The Bertz CT molecular complexity index is 503. The summed E-state index contributed by atoms with van der Waals surface area (Å²) in [6.45, 7) is 1.82. The van der Waals surface area contributed by atoms with Crippen LogP contribution in [-0.2, 0) is 6.42 Å². The summed E-state index contributed by atoms with van der Waals surface area (Å²) in [5, 5.41) is 0. The van der Waals surface area contributed by atoms with E-state index >= 15 is 0 Å². The van der Waals surface area contributed by atoms with Crippen molar-refractivity contribution < 1.29 is 0 Å². The van der Waals surface area contributed by atoms with Gasteiger partial charge in [0, 0.05) is 18.2 Å². The fourth-order valence-electron chi connectivity index (χ4n) is 1.51. The second kappa shape index (κ2) is 4.09. The zero-order valence-corrected chi connectivity index (χ0v) is 8.53. The van der Waals surface area contributed by atoms with Crippen molar-refractivity contribution in [2.24, 2.45) is 0 Å². The Morgan fingerprint density at radius 3 is 2.67 bits per heavy atom. The predicted molar refractivity (Wildman–Crippen MR) is 58.8 cm³/mol. The Kier molecular flexibility index (Phi) is 2.63. The normalized spacial score (nSPS) is 10.2. The number of hydrogen-bond acceptors (Lipinski definition) is 2. The van der Waals surface area contributed by atoms with Crippen molar-refractivity contribution in [2.45, 2.75) is 13.3 Å². The number of hydrogen-bond donors (Lipinski definition) is 1. The molecular formula is C12H12N2O. The van der Waals surface area contributed by atoms with Crippen LogP contribution in [0.1, 0.15) is 17.1 Å². The number of aromatic nitrogens is 2. The van der Waals surface area contributed by atoms with Gasteiger partial charge in [0.2, 0.25) is 0 Å². The second-order valence-corrected chi connectivity index (χ2v) is 3.50. The molecule has 0 aliphatic rings.